The minimum atomic E-state index is -3.60. The number of sulfonamides is 1. The number of esters is 2. The summed E-state index contributed by atoms with van der Waals surface area (Å²) in [4.78, 5) is 36.6. The Morgan fingerprint density at radius 2 is 1.45 bits per heavy atom. The number of carbonyl (C=O) groups is 3. The van der Waals surface area contributed by atoms with Crippen LogP contribution in [0, 0.1) is 0 Å². The zero-order valence-electron chi connectivity index (χ0n) is 16.3. The van der Waals surface area contributed by atoms with Gasteiger partial charge in [0.15, 0.2) is 0 Å². The Kier molecular flexibility index (Phi) is 6.60. The maximum absolute atomic E-state index is 12.8. The minimum Gasteiger partial charge on any atom is -0.465 e. The summed E-state index contributed by atoms with van der Waals surface area (Å²) in [6, 6.07) is 10.1. The molecule has 0 spiro atoms. The van der Waals surface area contributed by atoms with Crippen molar-refractivity contribution in [3.05, 3.63) is 59.2 Å². The number of benzene rings is 2. The normalized spacial score (nSPS) is 10.8. The van der Waals surface area contributed by atoms with Crippen LogP contribution in [0.15, 0.2) is 42.5 Å². The van der Waals surface area contributed by atoms with E-state index in [4.69, 9.17) is 0 Å². The lowest BCUT2D eigenvalue weighted by Gasteiger charge is -2.20. The molecule has 1 N–H and O–H groups in total. The van der Waals surface area contributed by atoms with E-state index in [2.05, 4.69) is 14.8 Å². The van der Waals surface area contributed by atoms with Gasteiger partial charge in [-0.2, -0.15) is 0 Å². The van der Waals surface area contributed by atoms with Crippen LogP contribution >= 0.6 is 0 Å². The summed E-state index contributed by atoms with van der Waals surface area (Å²) in [6.45, 7) is 0. The third kappa shape index (κ3) is 5.11. The molecule has 0 atom stereocenters. The lowest BCUT2D eigenvalue weighted by atomic mass is 10.1. The summed E-state index contributed by atoms with van der Waals surface area (Å²) in [5.41, 5.74) is 0.461. The lowest BCUT2D eigenvalue weighted by Crippen LogP contribution is -2.27. The van der Waals surface area contributed by atoms with Crippen LogP contribution in [0.3, 0.4) is 0 Å². The molecule has 0 aliphatic heterocycles. The summed E-state index contributed by atoms with van der Waals surface area (Å²) in [5.74, 6) is -2.04. The predicted molar refractivity (Wildman–Crippen MR) is 107 cm³/mol. The van der Waals surface area contributed by atoms with Crippen molar-refractivity contribution in [3.63, 3.8) is 0 Å². The van der Waals surface area contributed by atoms with E-state index in [0.29, 0.717) is 0 Å². The molecule has 0 unspecified atom stereocenters. The molecule has 0 heterocycles. The van der Waals surface area contributed by atoms with Crippen LogP contribution in [0.2, 0.25) is 0 Å². The molecule has 0 saturated heterocycles. The number of ether oxygens (including phenoxy) is 2. The molecule has 0 saturated carbocycles. The van der Waals surface area contributed by atoms with E-state index in [0.717, 1.165) is 10.6 Å². The second-order valence-electron chi connectivity index (χ2n) is 5.98. The number of carbonyl (C=O) groups excluding carboxylic acids is 3. The smallest absolute Gasteiger partial charge is 0.337 e. The summed E-state index contributed by atoms with van der Waals surface area (Å²) in [6.07, 6.45) is 1.02. The van der Waals surface area contributed by atoms with Crippen molar-refractivity contribution in [3.8, 4) is 0 Å². The molecule has 0 fully saturated rings. The third-order valence-corrected chi connectivity index (χ3v) is 5.21. The Morgan fingerprint density at radius 3 is 1.93 bits per heavy atom. The van der Waals surface area contributed by atoms with Gasteiger partial charge in [-0.25, -0.2) is 18.0 Å². The fourth-order valence-corrected chi connectivity index (χ4v) is 3.00. The lowest BCUT2D eigenvalue weighted by molar-refractivity contribution is 0.0598. The fraction of sp³-hybridized carbons (Fsp3) is 0.211. The van der Waals surface area contributed by atoms with Gasteiger partial charge >= 0.3 is 11.9 Å². The number of rotatable bonds is 6. The standard InChI is InChI=1S/C19H20N2O7S/c1-21(29(4,25)26)16-8-6-5-7-15(16)17(22)20-14-10-12(18(23)27-2)9-13(11-14)19(24)28-3/h5-11H,1-4H3,(H,20,22). The molecule has 9 nitrogen and oxygen atoms in total. The van der Waals surface area contributed by atoms with Crippen LogP contribution in [0.1, 0.15) is 31.1 Å². The van der Waals surface area contributed by atoms with E-state index in [-0.39, 0.29) is 28.1 Å². The number of anilines is 2. The largest absolute Gasteiger partial charge is 0.465 e. The highest BCUT2D eigenvalue weighted by molar-refractivity contribution is 7.92. The Hall–Kier alpha value is -3.40. The Bertz CT molecular complexity index is 1030. The van der Waals surface area contributed by atoms with Gasteiger partial charge in [-0.1, -0.05) is 12.1 Å². The molecule has 0 radical (unpaired) electrons. The van der Waals surface area contributed by atoms with E-state index in [1.807, 2.05) is 0 Å². The monoisotopic (exact) mass is 420 g/mol. The molecule has 2 rings (SSSR count). The van der Waals surface area contributed by atoms with E-state index in [9.17, 15) is 22.8 Å². The Morgan fingerprint density at radius 1 is 0.931 bits per heavy atom. The number of hydrogen-bond donors (Lipinski definition) is 1. The van der Waals surface area contributed by atoms with Crippen LogP contribution in [0.25, 0.3) is 0 Å². The van der Waals surface area contributed by atoms with Crippen molar-refractivity contribution < 1.29 is 32.3 Å². The quantitative estimate of drug-likeness (QED) is 0.709. The predicted octanol–water partition coefficient (Wildman–Crippen LogP) is 1.91. The topological polar surface area (TPSA) is 119 Å². The number of methoxy groups -OCH3 is 2. The van der Waals surface area contributed by atoms with Gasteiger partial charge in [0.2, 0.25) is 10.0 Å². The van der Waals surface area contributed by atoms with Crippen molar-refractivity contribution in [1.82, 2.24) is 0 Å². The van der Waals surface area contributed by atoms with Crippen LogP contribution in [-0.2, 0) is 19.5 Å². The van der Waals surface area contributed by atoms with Gasteiger partial charge < -0.3 is 14.8 Å². The highest BCUT2D eigenvalue weighted by Gasteiger charge is 2.21. The van der Waals surface area contributed by atoms with Gasteiger partial charge in [-0.05, 0) is 30.3 Å². The van der Waals surface area contributed by atoms with Crippen LogP contribution in [0.4, 0.5) is 11.4 Å². The molecule has 1 amide bonds. The van der Waals surface area contributed by atoms with Gasteiger partial charge in [0.25, 0.3) is 5.91 Å². The van der Waals surface area contributed by atoms with E-state index >= 15 is 0 Å². The third-order valence-electron chi connectivity index (χ3n) is 4.02. The van der Waals surface area contributed by atoms with E-state index in [1.54, 1.807) is 12.1 Å². The average molecular weight is 420 g/mol. The summed E-state index contributed by atoms with van der Waals surface area (Å²) < 4.78 is 34.0. The average Bonchev–Trinajstić information content (AvgIpc) is 2.70. The number of nitrogens with one attached hydrogen (secondary N) is 1. The first-order valence-corrected chi connectivity index (χ1v) is 10.1. The molecule has 0 aliphatic carbocycles. The fourth-order valence-electron chi connectivity index (χ4n) is 2.49. The van der Waals surface area contributed by atoms with Crippen molar-refractivity contribution in [2.24, 2.45) is 0 Å². The maximum atomic E-state index is 12.8. The number of nitrogens with zero attached hydrogens (tertiary/aromatic N) is 1. The molecule has 0 bridgehead atoms. The maximum Gasteiger partial charge on any atom is 0.337 e. The molecule has 0 aliphatic rings. The second kappa shape index (κ2) is 8.74. The molecule has 29 heavy (non-hydrogen) atoms. The summed E-state index contributed by atoms with van der Waals surface area (Å²) >= 11 is 0. The highest BCUT2D eigenvalue weighted by atomic mass is 32.2. The minimum absolute atomic E-state index is 0.0345. The SMILES string of the molecule is COC(=O)c1cc(NC(=O)c2ccccc2N(C)S(C)(=O)=O)cc(C(=O)OC)c1. The molecule has 154 valence electrons. The molecular formula is C19H20N2O7S. The van der Waals surface area contributed by atoms with E-state index < -0.39 is 27.9 Å². The van der Waals surface area contributed by atoms with Gasteiger partial charge in [0.05, 0.1) is 42.9 Å². The highest BCUT2D eigenvalue weighted by Crippen LogP contribution is 2.24. The van der Waals surface area contributed by atoms with Gasteiger partial charge in [-0.15, -0.1) is 0 Å². The molecule has 2 aromatic carbocycles. The van der Waals surface area contributed by atoms with Gasteiger partial charge in [-0.3, -0.25) is 9.10 Å². The van der Waals surface area contributed by atoms with Crippen molar-refractivity contribution in [1.29, 1.82) is 0 Å². The van der Waals surface area contributed by atoms with Crippen molar-refractivity contribution in [2.45, 2.75) is 0 Å². The van der Waals surface area contributed by atoms with Crippen LogP contribution in [-0.4, -0.2) is 53.8 Å². The number of hydrogen-bond acceptors (Lipinski definition) is 7. The summed E-state index contributed by atoms with van der Waals surface area (Å²) in [7, 11) is 0.0980. The van der Waals surface area contributed by atoms with Gasteiger partial charge in [0.1, 0.15) is 0 Å². The van der Waals surface area contributed by atoms with Crippen molar-refractivity contribution >= 4 is 39.2 Å². The molecular weight excluding hydrogens is 400 g/mol. The first-order chi connectivity index (χ1) is 13.6. The first-order valence-electron chi connectivity index (χ1n) is 8.24. The summed E-state index contributed by atoms with van der Waals surface area (Å²) in [5, 5.41) is 2.57. The molecule has 0 aromatic heterocycles. The van der Waals surface area contributed by atoms with E-state index in [1.165, 1.54) is 51.6 Å². The van der Waals surface area contributed by atoms with Crippen molar-refractivity contribution in [2.75, 3.05) is 37.1 Å². The Balaban J connectivity index is 2.46. The van der Waals surface area contributed by atoms with Crippen LogP contribution in [0.5, 0.6) is 0 Å². The second-order valence-corrected chi connectivity index (χ2v) is 8.00. The van der Waals surface area contributed by atoms with Gasteiger partial charge in [0, 0.05) is 12.7 Å². The Labute approximate surface area is 168 Å². The molecule has 2 aromatic rings. The zero-order valence-corrected chi connectivity index (χ0v) is 17.1. The number of para-hydroxylation sites is 1. The first kappa shape index (κ1) is 21.9. The van der Waals surface area contributed by atoms with Crippen LogP contribution < -0.4 is 9.62 Å². The molecule has 10 heteroatoms. The zero-order chi connectivity index (χ0) is 21.8. The number of amides is 1.